The molecule has 0 atom stereocenters. The van der Waals surface area contributed by atoms with Crippen LogP contribution < -0.4 is 17.0 Å². The first-order valence-electron chi connectivity index (χ1n) is 9.46. The summed E-state index contributed by atoms with van der Waals surface area (Å²) in [6.45, 7) is 1.47. The second-order valence-corrected chi connectivity index (χ2v) is 7.13. The molecule has 0 N–H and O–H groups in total. The number of rotatable bonds is 4. The maximum absolute atomic E-state index is 13.4. The van der Waals surface area contributed by atoms with Gasteiger partial charge in [-0.25, -0.2) is 8.96 Å². The van der Waals surface area contributed by atoms with Gasteiger partial charge in [0.1, 0.15) is 5.82 Å². The molecule has 5 rings (SSSR count). The van der Waals surface area contributed by atoms with Crippen LogP contribution in [0.25, 0.3) is 21.8 Å². The number of hydrogen-bond donors (Lipinski definition) is 0. The van der Waals surface area contributed by atoms with Gasteiger partial charge in [-0.1, -0.05) is 48.5 Å². The number of aromatic nitrogens is 2. The van der Waals surface area contributed by atoms with E-state index in [2.05, 4.69) is 82.2 Å². The third kappa shape index (κ3) is 3.74. The predicted octanol–water partition coefficient (Wildman–Crippen LogP) is 2.32. The Balaban J connectivity index is 0.00000205. The highest BCUT2D eigenvalue weighted by molar-refractivity contribution is 6.08. The van der Waals surface area contributed by atoms with Crippen molar-refractivity contribution in [2.24, 2.45) is 0 Å². The number of pyridine rings is 1. The van der Waals surface area contributed by atoms with Crippen molar-refractivity contribution >= 4 is 21.8 Å². The molecule has 0 saturated carbocycles. The van der Waals surface area contributed by atoms with E-state index in [1.54, 1.807) is 12.1 Å². The average Bonchev–Trinajstić information content (AvgIpc) is 3.04. The van der Waals surface area contributed by atoms with Gasteiger partial charge >= 0.3 is 0 Å². The molecule has 2 heterocycles. The molecule has 4 heteroatoms. The average molecular weight is 403 g/mol. The zero-order chi connectivity index (χ0) is 18.9. The van der Waals surface area contributed by atoms with Crippen molar-refractivity contribution in [1.29, 1.82) is 0 Å². The van der Waals surface area contributed by atoms with Crippen LogP contribution in [-0.2, 0) is 13.1 Å². The first-order chi connectivity index (χ1) is 13.8. The molecular weight excluding hydrogens is 383 g/mol. The van der Waals surface area contributed by atoms with Gasteiger partial charge in [-0.3, -0.25) is 0 Å². The van der Waals surface area contributed by atoms with Crippen LogP contribution in [0.4, 0.5) is 4.39 Å². The fourth-order valence-electron chi connectivity index (χ4n) is 3.90. The van der Waals surface area contributed by atoms with Gasteiger partial charge in [0.15, 0.2) is 18.9 Å². The van der Waals surface area contributed by atoms with Crippen molar-refractivity contribution in [1.82, 2.24) is 4.57 Å². The smallest absolute Gasteiger partial charge is 0.173 e. The van der Waals surface area contributed by atoms with E-state index in [4.69, 9.17) is 0 Å². The van der Waals surface area contributed by atoms with E-state index in [9.17, 15) is 4.39 Å². The molecule has 0 saturated heterocycles. The highest BCUT2D eigenvalue weighted by Crippen LogP contribution is 2.29. The Kier molecular flexibility index (Phi) is 5.32. The lowest BCUT2D eigenvalue weighted by Crippen LogP contribution is -3.00. The largest absolute Gasteiger partial charge is 1.00 e. The molecule has 0 aliphatic heterocycles. The summed E-state index contributed by atoms with van der Waals surface area (Å²) in [5, 5.41) is 2.57. The first-order valence-corrected chi connectivity index (χ1v) is 9.46. The number of fused-ring (bicyclic) bond motifs is 3. The molecule has 2 aromatic heterocycles. The molecular formula is C25H20ClFN2. The molecule has 0 aliphatic rings. The summed E-state index contributed by atoms with van der Waals surface area (Å²) >= 11 is 0. The molecule has 0 aliphatic carbocycles. The summed E-state index contributed by atoms with van der Waals surface area (Å²) in [6.07, 6.45) is 4.13. The standard InChI is InChI=1S/C25H20FN2.ClH/c26-21-7-5-6-20(16-21)17-27-14-12-19(13-15-27)18-28-24-10-3-1-8-22(24)23-9-2-4-11-25(23)28;/h1-16H,17-18H2;1H/q+1;/p-1. The van der Waals surface area contributed by atoms with Gasteiger partial charge in [-0.2, -0.15) is 0 Å². The fourth-order valence-corrected chi connectivity index (χ4v) is 3.90. The van der Waals surface area contributed by atoms with Crippen molar-refractivity contribution in [3.63, 3.8) is 0 Å². The number of hydrogen-bond acceptors (Lipinski definition) is 0. The Bertz CT molecular complexity index is 1220. The van der Waals surface area contributed by atoms with Gasteiger partial charge in [0.25, 0.3) is 0 Å². The van der Waals surface area contributed by atoms with E-state index in [1.165, 1.54) is 33.4 Å². The van der Waals surface area contributed by atoms with E-state index in [0.717, 1.165) is 12.1 Å². The number of para-hydroxylation sites is 2. The van der Waals surface area contributed by atoms with Crippen LogP contribution in [0, 0.1) is 5.82 Å². The van der Waals surface area contributed by atoms with Gasteiger partial charge in [-0.15, -0.1) is 0 Å². The van der Waals surface area contributed by atoms with E-state index >= 15 is 0 Å². The van der Waals surface area contributed by atoms with E-state index in [0.29, 0.717) is 6.54 Å². The molecule has 0 spiro atoms. The van der Waals surface area contributed by atoms with Crippen molar-refractivity contribution in [2.75, 3.05) is 0 Å². The molecule has 144 valence electrons. The Hall–Kier alpha value is -3.17. The summed E-state index contributed by atoms with van der Waals surface area (Å²) < 4.78 is 17.8. The summed E-state index contributed by atoms with van der Waals surface area (Å²) in [4.78, 5) is 0. The lowest BCUT2D eigenvalue weighted by Gasteiger charge is -2.07. The van der Waals surface area contributed by atoms with Crippen molar-refractivity contribution in [3.8, 4) is 0 Å². The SMILES string of the molecule is Fc1cccc(C[n+]2ccc(Cn3c4ccccc4c4ccccc43)cc2)c1.[Cl-]. The number of benzene rings is 3. The lowest BCUT2D eigenvalue weighted by atomic mass is 10.2. The number of halogens is 2. The molecule has 0 radical (unpaired) electrons. The third-order valence-corrected chi connectivity index (χ3v) is 5.23. The highest BCUT2D eigenvalue weighted by Gasteiger charge is 2.11. The third-order valence-electron chi connectivity index (χ3n) is 5.23. The van der Waals surface area contributed by atoms with Crippen molar-refractivity contribution in [3.05, 3.63) is 114 Å². The van der Waals surface area contributed by atoms with E-state index in [-0.39, 0.29) is 18.2 Å². The fraction of sp³-hybridized carbons (Fsp3) is 0.0800. The monoisotopic (exact) mass is 402 g/mol. The molecule has 3 aromatic carbocycles. The van der Waals surface area contributed by atoms with Crippen LogP contribution in [-0.4, -0.2) is 4.57 Å². The van der Waals surface area contributed by atoms with E-state index < -0.39 is 0 Å². The Morgan fingerprint density at radius 2 is 1.31 bits per heavy atom. The van der Waals surface area contributed by atoms with E-state index in [1.807, 2.05) is 6.07 Å². The van der Waals surface area contributed by atoms with Crippen molar-refractivity contribution < 1.29 is 21.4 Å². The summed E-state index contributed by atoms with van der Waals surface area (Å²) in [5.41, 5.74) is 4.70. The van der Waals surface area contributed by atoms with Crippen LogP contribution in [0.2, 0.25) is 0 Å². The molecule has 2 nitrogen and oxygen atoms in total. The topological polar surface area (TPSA) is 8.81 Å². The Morgan fingerprint density at radius 3 is 1.93 bits per heavy atom. The summed E-state index contributed by atoms with van der Waals surface area (Å²) in [6, 6.07) is 28.2. The Labute approximate surface area is 175 Å². The van der Waals surface area contributed by atoms with Crippen LogP contribution in [0.1, 0.15) is 11.1 Å². The normalized spacial score (nSPS) is 10.9. The minimum absolute atomic E-state index is 0. The maximum Gasteiger partial charge on any atom is 0.173 e. The minimum Gasteiger partial charge on any atom is -1.00 e. The molecule has 0 amide bonds. The van der Waals surface area contributed by atoms with Crippen LogP contribution in [0.5, 0.6) is 0 Å². The van der Waals surface area contributed by atoms with Gasteiger partial charge in [0.05, 0.1) is 0 Å². The van der Waals surface area contributed by atoms with Gasteiger partial charge in [0, 0.05) is 46.0 Å². The second-order valence-electron chi connectivity index (χ2n) is 7.13. The summed E-state index contributed by atoms with van der Waals surface area (Å²) in [5.74, 6) is -0.193. The molecule has 0 fully saturated rings. The highest BCUT2D eigenvalue weighted by atomic mass is 35.5. The second kappa shape index (κ2) is 8.06. The van der Waals surface area contributed by atoms with Crippen molar-refractivity contribution in [2.45, 2.75) is 13.1 Å². The first kappa shape index (κ1) is 19.2. The zero-order valence-electron chi connectivity index (χ0n) is 15.8. The zero-order valence-corrected chi connectivity index (χ0v) is 16.6. The van der Waals surface area contributed by atoms with Crippen LogP contribution >= 0.6 is 0 Å². The lowest BCUT2D eigenvalue weighted by molar-refractivity contribution is -0.688. The summed E-state index contributed by atoms with van der Waals surface area (Å²) in [7, 11) is 0. The van der Waals surface area contributed by atoms with Gasteiger partial charge in [-0.05, 0) is 29.8 Å². The van der Waals surface area contributed by atoms with Gasteiger partial charge in [0.2, 0.25) is 0 Å². The number of nitrogens with zero attached hydrogens (tertiary/aromatic N) is 2. The molecule has 29 heavy (non-hydrogen) atoms. The molecule has 0 bridgehead atoms. The quantitative estimate of drug-likeness (QED) is 0.408. The van der Waals surface area contributed by atoms with Crippen LogP contribution in [0.15, 0.2) is 97.3 Å². The minimum atomic E-state index is -0.193. The molecule has 5 aromatic rings. The van der Waals surface area contributed by atoms with Gasteiger partial charge < -0.3 is 17.0 Å². The molecule has 0 unspecified atom stereocenters. The Morgan fingerprint density at radius 1 is 0.690 bits per heavy atom. The predicted molar refractivity (Wildman–Crippen MR) is 111 cm³/mol. The maximum atomic E-state index is 13.4. The van der Waals surface area contributed by atoms with Crippen LogP contribution in [0.3, 0.4) is 0 Å².